The van der Waals surface area contributed by atoms with E-state index in [0.29, 0.717) is 25.5 Å². The molecule has 2 aliphatic heterocycles. The van der Waals surface area contributed by atoms with Crippen molar-refractivity contribution in [1.82, 2.24) is 20.3 Å². The molecular formula is C16H21FN6O. The highest BCUT2D eigenvalue weighted by molar-refractivity contribution is 5.58. The van der Waals surface area contributed by atoms with Crippen LogP contribution in [-0.4, -0.2) is 60.6 Å². The highest BCUT2D eigenvalue weighted by atomic mass is 19.1. The molecular weight excluding hydrogens is 311 g/mol. The summed E-state index contributed by atoms with van der Waals surface area (Å²) in [4.78, 5) is 4.13. The van der Waals surface area contributed by atoms with Gasteiger partial charge in [-0.2, -0.15) is 0 Å². The molecule has 2 aliphatic rings. The standard InChI is InChI=1S/C16H21FN6O/c17-15-9-13(1-2-16(15)21-6-3-18-4-7-21)22-10-14(24-12-22)11-23-8-5-19-20-23/h1-2,5,8-9,14,18H,3-4,6-7,10-12H2/t14-/m1/s1. The second-order valence-electron chi connectivity index (χ2n) is 6.14. The van der Waals surface area contributed by atoms with Crippen molar-refractivity contribution in [2.45, 2.75) is 12.6 Å². The van der Waals surface area contributed by atoms with Crippen LogP contribution in [0.3, 0.4) is 0 Å². The van der Waals surface area contributed by atoms with Crippen LogP contribution in [-0.2, 0) is 11.3 Å². The van der Waals surface area contributed by atoms with Crippen molar-refractivity contribution in [3.05, 3.63) is 36.4 Å². The highest BCUT2D eigenvalue weighted by Gasteiger charge is 2.25. The zero-order valence-corrected chi connectivity index (χ0v) is 13.4. The maximum Gasteiger partial charge on any atom is 0.148 e. The summed E-state index contributed by atoms with van der Waals surface area (Å²) in [5.74, 6) is -0.172. The lowest BCUT2D eigenvalue weighted by Gasteiger charge is -2.30. The molecule has 2 saturated heterocycles. The summed E-state index contributed by atoms with van der Waals surface area (Å²) in [6, 6.07) is 5.46. The quantitative estimate of drug-likeness (QED) is 0.889. The third kappa shape index (κ3) is 3.20. The van der Waals surface area contributed by atoms with Crippen molar-refractivity contribution >= 4 is 11.4 Å². The Kier molecular flexibility index (Phi) is 4.31. The zero-order valence-electron chi connectivity index (χ0n) is 13.4. The van der Waals surface area contributed by atoms with Gasteiger partial charge in [-0.1, -0.05) is 5.21 Å². The number of rotatable bonds is 4. The fraction of sp³-hybridized carbons (Fsp3) is 0.500. The number of anilines is 2. The Balaban J connectivity index is 1.42. The SMILES string of the molecule is Fc1cc(N2CO[C@@H](Cn3ccnn3)C2)ccc1N1CCNCC1. The molecule has 1 atom stereocenters. The van der Waals surface area contributed by atoms with Crippen LogP contribution in [0, 0.1) is 5.82 Å². The van der Waals surface area contributed by atoms with E-state index < -0.39 is 0 Å². The molecule has 0 spiro atoms. The smallest absolute Gasteiger partial charge is 0.148 e. The minimum Gasteiger partial charge on any atom is -0.367 e. The molecule has 8 heteroatoms. The lowest BCUT2D eigenvalue weighted by Crippen LogP contribution is -2.43. The fourth-order valence-electron chi connectivity index (χ4n) is 3.23. The topological polar surface area (TPSA) is 58.5 Å². The number of ether oxygens (including phenoxy) is 1. The highest BCUT2D eigenvalue weighted by Crippen LogP contribution is 2.27. The summed E-state index contributed by atoms with van der Waals surface area (Å²) < 4.78 is 22.1. The summed E-state index contributed by atoms with van der Waals surface area (Å²) in [5, 5.41) is 11.0. The molecule has 0 radical (unpaired) electrons. The minimum absolute atomic E-state index is 0.0302. The van der Waals surface area contributed by atoms with Gasteiger partial charge in [0.15, 0.2) is 0 Å². The van der Waals surface area contributed by atoms with Crippen molar-refractivity contribution < 1.29 is 9.13 Å². The fourth-order valence-corrected chi connectivity index (χ4v) is 3.23. The molecule has 4 rings (SSSR count). The first-order valence-corrected chi connectivity index (χ1v) is 8.25. The van der Waals surface area contributed by atoms with Gasteiger partial charge in [0.2, 0.25) is 0 Å². The van der Waals surface area contributed by atoms with Gasteiger partial charge in [0.05, 0.1) is 24.5 Å². The zero-order chi connectivity index (χ0) is 16.4. The van der Waals surface area contributed by atoms with Crippen molar-refractivity contribution in [1.29, 1.82) is 0 Å². The Morgan fingerprint density at radius 1 is 1.25 bits per heavy atom. The van der Waals surface area contributed by atoms with Crippen LogP contribution < -0.4 is 15.1 Å². The summed E-state index contributed by atoms with van der Waals surface area (Å²) in [7, 11) is 0. The van der Waals surface area contributed by atoms with Crippen LogP contribution >= 0.6 is 0 Å². The maximum atomic E-state index is 14.5. The Hall–Kier alpha value is -2.19. The van der Waals surface area contributed by atoms with Gasteiger partial charge in [-0.3, -0.25) is 0 Å². The van der Waals surface area contributed by atoms with Crippen molar-refractivity contribution in [3.8, 4) is 0 Å². The Morgan fingerprint density at radius 2 is 2.12 bits per heavy atom. The molecule has 1 aromatic carbocycles. The molecule has 1 N–H and O–H groups in total. The van der Waals surface area contributed by atoms with E-state index >= 15 is 0 Å². The molecule has 24 heavy (non-hydrogen) atoms. The third-order valence-corrected chi connectivity index (χ3v) is 4.51. The van der Waals surface area contributed by atoms with E-state index in [1.165, 1.54) is 0 Å². The average molecular weight is 332 g/mol. The van der Waals surface area contributed by atoms with E-state index in [9.17, 15) is 4.39 Å². The average Bonchev–Trinajstić information content (AvgIpc) is 3.28. The molecule has 2 fully saturated rings. The van der Waals surface area contributed by atoms with E-state index in [0.717, 1.165) is 31.9 Å². The van der Waals surface area contributed by atoms with Crippen molar-refractivity contribution in [3.63, 3.8) is 0 Å². The number of hydrogen-bond donors (Lipinski definition) is 1. The second-order valence-corrected chi connectivity index (χ2v) is 6.14. The number of piperazine rings is 1. The molecule has 0 amide bonds. The van der Waals surface area contributed by atoms with Crippen LogP contribution in [0.5, 0.6) is 0 Å². The first-order valence-electron chi connectivity index (χ1n) is 8.25. The predicted molar refractivity (Wildman–Crippen MR) is 88.6 cm³/mol. The summed E-state index contributed by atoms with van der Waals surface area (Å²) in [6.45, 7) is 5.29. The minimum atomic E-state index is -0.172. The van der Waals surface area contributed by atoms with Gasteiger partial charge in [0.1, 0.15) is 12.5 Å². The van der Waals surface area contributed by atoms with Gasteiger partial charge in [-0.15, -0.1) is 5.10 Å². The predicted octanol–water partition coefficient (Wildman–Crippen LogP) is 0.690. The number of nitrogens with zero attached hydrogens (tertiary/aromatic N) is 5. The number of hydrogen-bond acceptors (Lipinski definition) is 6. The van der Waals surface area contributed by atoms with Gasteiger partial charge in [-0.25, -0.2) is 9.07 Å². The van der Waals surface area contributed by atoms with Crippen LogP contribution in [0.25, 0.3) is 0 Å². The first kappa shape index (κ1) is 15.3. The number of nitrogens with one attached hydrogen (secondary N) is 1. The van der Waals surface area contributed by atoms with Crippen LogP contribution in [0.1, 0.15) is 0 Å². The van der Waals surface area contributed by atoms with Crippen LogP contribution in [0.2, 0.25) is 0 Å². The maximum absolute atomic E-state index is 14.5. The lowest BCUT2D eigenvalue weighted by atomic mass is 10.2. The lowest BCUT2D eigenvalue weighted by molar-refractivity contribution is 0.0991. The molecule has 1 aromatic heterocycles. The van der Waals surface area contributed by atoms with Gasteiger partial charge < -0.3 is 19.9 Å². The van der Waals surface area contributed by atoms with E-state index in [-0.39, 0.29) is 11.9 Å². The Bertz CT molecular complexity index is 673. The van der Waals surface area contributed by atoms with Gasteiger partial charge in [-0.05, 0) is 18.2 Å². The Morgan fingerprint density at radius 3 is 2.88 bits per heavy atom. The van der Waals surface area contributed by atoms with Gasteiger partial charge in [0, 0.05) is 44.6 Å². The van der Waals surface area contributed by atoms with E-state index in [4.69, 9.17) is 4.74 Å². The molecule has 3 heterocycles. The third-order valence-electron chi connectivity index (χ3n) is 4.51. The molecule has 0 saturated carbocycles. The monoisotopic (exact) mass is 332 g/mol. The Labute approximate surface area is 140 Å². The number of benzene rings is 1. The van der Waals surface area contributed by atoms with E-state index in [2.05, 4.69) is 20.5 Å². The molecule has 7 nitrogen and oxygen atoms in total. The summed E-state index contributed by atoms with van der Waals surface area (Å²) >= 11 is 0. The summed E-state index contributed by atoms with van der Waals surface area (Å²) in [6.07, 6.45) is 3.49. The van der Waals surface area contributed by atoms with Crippen molar-refractivity contribution in [2.24, 2.45) is 0 Å². The molecule has 0 bridgehead atoms. The van der Waals surface area contributed by atoms with E-state index in [1.54, 1.807) is 16.9 Å². The molecule has 128 valence electrons. The number of aromatic nitrogens is 3. The van der Waals surface area contributed by atoms with Crippen LogP contribution in [0.4, 0.5) is 15.8 Å². The van der Waals surface area contributed by atoms with Crippen LogP contribution in [0.15, 0.2) is 30.6 Å². The summed E-state index contributed by atoms with van der Waals surface area (Å²) in [5.41, 5.74) is 1.53. The normalized spacial score (nSPS) is 21.5. The van der Waals surface area contributed by atoms with Crippen molar-refractivity contribution in [2.75, 3.05) is 49.3 Å². The van der Waals surface area contributed by atoms with E-state index in [1.807, 2.05) is 23.2 Å². The second kappa shape index (κ2) is 6.74. The largest absolute Gasteiger partial charge is 0.367 e. The van der Waals surface area contributed by atoms with Gasteiger partial charge >= 0.3 is 0 Å². The molecule has 0 aliphatic carbocycles. The number of halogens is 1. The molecule has 2 aromatic rings. The molecule has 0 unspecified atom stereocenters. The van der Waals surface area contributed by atoms with Gasteiger partial charge in [0.25, 0.3) is 0 Å². The first-order chi connectivity index (χ1) is 11.8.